The van der Waals surface area contributed by atoms with Gasteiger partial charge in [0.15, 0.2) is 0 Å². The highest BCUT2D eigenvalue weighted by Gasteiger charge is 2.34. The maximum atomic E-state index is 12.3. The second-order valence-corrected chi connectivity index (χ2v) is 5.38. The molecule has 1 aromatic rings. The number of ether oxygens (including phenoxy) is 1. The highest BCUT2D eigenvalue weighted by molar-refractivity contribution is 5.94. The largest absolute Gasteiger partial charge is 0.467 e. The second kappa shape index (κ2) is 5.94. The van der Waals surface area contributed by atoms with Crippen LogP contribution in [0.15, 0.2) is 16.7 Å². The molecule has 1 saturated heterocycles. The number of hydrogen-bond donors (Lipinski definition) is 1. The molecule has 2 heterocycles. The molecule has 5 nitrogen and oxygen atoms in total. The lowest BCUT2D eigenvalue weighted by molar-refractivity contribution is -0.118. The molecule has 0 aromatic carbocycles. The molecule has 19 heavy (non-hydrogen) atoms. The fourth-order valence-corrected chi connectivity index (χ4v) is 2.39. The molecule has 108 valence electrons. The molecule has 0 radical (unpaired) electrons. The van der Waals surface area contributed by atoms with Crippen LogP contribution in [0.5, 0.6) is 0 Å². The summed E-state index contributed by atoms with van der Waals surface area (Å²) in [5.74, 6) is 0.598. The van der Waals surface area contributed by atoms with Crippen LogP contribution in [0.3, 0.4) is 0 Å². The predicted molar refractivity (Wildman–Crippen MR) is 74.4 cm³/mol. The van der Waals surface area contributed by atoms with Gasteiger partial charge in [-0.25, -0.2) is 0 Å². The normalized spacial score (nSPS) is 21.9. The van der Waals surface area contributed by atoms with Gasteiger partial charge in [0.2, 0.25) is 0 Å². The van der Waals surface area contributed by atoms with E-state index in [0.717, 1.165) is 0 Å². The standard InChI is InChI=1S/C13H20N2O3.ClH/c1-9-6-15(8-13(2,3)18-9)12(16)10-4-11(5-14)17-7-10;/h4,7,9H,5-6,8,14H2,1-3H3;1H. The van der Waals surface area contributed by atoms with E-state index in [1.165, 1.54) is 6.26 Å². The third kappa shape index (κ3) is 3.72. The molecule has 2 rings (SSSR count). The predicted octanol–water partition coefficient (Wildman–Crippen LogP) is 1.80. The Hall–Kier alpha value is -1.04. The van der Waals surface area contributed by atoms with E-state index in [-0.39, 0.29) is 30.0 Å². The van der Waals surface area contributed by atoms with Gasteiger partial charge in [-0.2, -0.15) is 0 Å². The smallest absolute Gasteiger partial charge is 0.257 e. The molecule has 1 atom stereocenters. The number of rotatable bonds is 2. The fraction of sp³-hybridized carbons (Fsp3) is 0.615. The Labute approximate surface area is 119 Å². The summed E-state index contributed by atoms with van der Waals surface area (Å²) >= 11 is 0. The Balaban J connectivity index is 0.00000180. The van der Waals surface area contributed by atoms with Crippen molar-refractivity contribution in [2.75, 3.05) is 13.1 Å². The number of morpholine rings is 1. The van der Waals surface area contributed by atoms with Crippen molar-refractivity contribution in [1.29, 1.82) is 0 Å². The van der Waals surface area contributed by atoms with Gasteiger partial charge in [-0.3, -0.25) is 4.79 Å². The van der Waals surface area contributed by atoms with Gasteiger partial charge >= 0.3 is 0 Å². The van der Waals surface area contributed by atoms with Gasteiger partial charge in [0.1, 0.15) is 12.0 Å². The van der Waals surface area contributed by atoms with E-state index >= 15 is 0 Å². The molecule has 1 unspecified atom stereocenters. The highest BCUT2D eigenvalue weighted by atomic mass is 35.5. The summed E-state index contributed by atoms with van der Waals surface area (Å²) in [6.07, 6.45) is 1.51. The van der Waals surface area contributed by atoms with E-state index in [1.807, 2.05) is 20.8 Å². The van der Waals surface area contributed by atoms with E-state index in [9.17, 15) is 4.79 Å². The van der Waals surface area contributed by atoms with Crippen molar-refractivity contribution in [1.82, 2.24) is 4.90 Å². The number of nitrogens with zero attached hydrogens (tertiary/aromatic N) is 1. The van der Waals surface area contributed by atoms with Crippen LogP contribution in [-0.4, -0.2) is 35.6 Å². The van der Waals surface area contributed by atoms with E-state index in [1.54, 1.807) is 11.0 Å². The van der Waals surface area contributed by atoms with Gasteiger partial charge in [-0.1, -0.05) is 0 Å². The van der Waals surface area contributed by atoms with Gasteiger partial charge in [0, 0.05) is 13.1 Å². The zero-order valence-electron chi connectivity index (χ0n) is 11.5. The second-order valence-electron chi connectivity index (χ2n) is 5.38. The van der Waals surface area contributed by atoms with Crippen LogP contribution >= 0.6 is 12.4 Å². The molecular weight excluding hydrogens is 268 g/mol. The van der Waals surface area contributed by atoms with Crippen LogP contribution in [0.2, 0.25) is 0 Å². The number of furan rings is 1. The third-order valence-corrected chi connectivity index (χ3v) is 2.96. The van der Waals surface area contributed by atoms with Gasteiger partial charge in [0.25, 0.3) is 5.91 Å². The monoisotopic (exact) mass is 288 g/mol. The van der Waals surface area contributed by atoms with Crippen molar-refractivity contribution in [3.05, 3.63) is 23.7 Å². The summed E-state index contributed by atoms with van der Waals surface area (Å²) in [4.78, 5) is 14.1. The molecule has 2 N–H and O–H groups in total. The molecule has 0 aliphatic carbocycles. The topological polar surface area (TPSA) is 68.7 Å². The first-order valence-electron chi connectivity index (χ1n) is 6.16. The molecule has 0 spiro atoms. The number of carbonyl (C=O) groups is 1. The summed E-state index contributed by atoms with van der Waals surface area (Å²) in [6, 6.07) is 1.70. The first-order valence-corrected chi connectivity index (χ1v) is 6.16. The van der Waals surface area contributed by atoms with Crippen LogP contribution in [0.4, 0.5) is 0 Å². The number of hydrogen-bond acceptors (Lipinski definition) is 4. The van der Waals surface area contributed by atoms with E-state index in [0.29, 0.717) is 31.0 Å². The van der Waals surface area contributed by atoms with Crippen LogP contribution in [0.25, 0.3) is 0 Å². The SMILES string of the molecule is CC1CN(C(=O)c2coc(CN)c2)CC(C)(C)O1.Cl. The van der Waals surface area contributed by atoms with Crippen molar-refractivity contribution in [3.8, 4) is 0 Å². The third-order valence-electron chi connectivity index (χ3n) is 2.96. The lowest BCUT2D eigenvalue weighted by Gasteiger charge is -2.41. The molecule has 0 saturated carbocycles. The van der Waals surface area contributed by atoms with Crippen LogP contribution < -0.4 is 5.73 Å². The molecule has 0 bridgehead atoms. The summed E-state index contributed by atoms with van der Waals surface area (Å²) in [5, 5.41) is 0. The first-order chi connectivity index (χ1) is 8.41. The number of carbonyl (C=O) groups excluding carboxylic acids is 1. The number of amides is 1. The zero-order valence-corrected chi connectivity index (χ0v) is 12.3. The van der Waals surface area contributed by atoms with Crippen molar-refractivity contribution in [2.24, 2.45) is 5.73 Å². The minimum atomic E-state index is -0.312. The highest BCUT2D eigenvalue weighted by Crippen LogP contribution is 2.22. The first kappa shape index (κ1) is 16.0. The number of nitrogens with two attached hydrogens (primary N) is 1. The average Bonchev–Trinajstić information content (AvgIpc) is 2.73. The van der Waals surface area contributed by atoms with Gasteiger partial charge in [-0.05, 0) is 26.8 Å². The lowest BCUT2D eigenvalue weighted by Crippen LogP contribution is -2.53. The van der Waals surface area contributed by atoms with Crippen LogP contribution in [-0.2, 0) is 11.3 Å². The van der Waals surface area contributed by atoms with Crippen molar-refractivity contribution >= 4 is 18.3 Å². The molecular formula is C13H21ClN2O3. The summed E-state index contributed by atoms with van der Waals surface area (Å²) in [6.45, 7) is 7.44. The Morgan fingerprint density at radius 2 is 2.26 bits per heavy atom. The summed E-state index contributed by atoms with van der Waals surface area (Å²) in [7, 11) is 0. The van der Waals surface area contributed by atoms with E-state index < -0.39 is 0 Å². The average molecular weight is 289 g/mol. The zero-order chi connectivity index (χ0) is 13.3. The van der Waals surface area contributed by atoms with E-state index in [2.05, 4.69) is 0 Å². The van der Waals surface area contributed by atoms with Crippen molar-refractivity contribution < 1.29 is 13.9 Å². The summed E-state index contributed by atoms with van der Waals surface area (Å²) < 4.78 is 11.0. The summed E-state index contributed by atoms with van der Waals surface area (Å²) in [5.41, 5.74) is 5.71. The maximum Gasteiger partial charge on any atom is 0.257 e. The number of halogens is 1. The quantitative estimate of drug-likeness (QED) is 0.901. The Morgan fingerprint density at radius 3 is 2.79 bits per heavy atom. The Bertz CT molecular complexity index is 445. The fourth-order valence-electron chi connectivity index (χ4n) is 2.39. The minimum Gasteiger partial charge on any atom is -0.467 e. The molecule has 1 aromatic heterocycles. The molecule has 1 amide bonds. The molecule has 6 heteroatoms. The van der Waals surface area contributed by atoms with Crippen molar-refractivity contribution in [3.63, 3.8) is 0 Å². The van der Waals surface area contributed by atoms with Crippen LogP contribution in [0.1, 0.15) is 36.9 Å². The van der Waals surface area contributed by atoms with Gasteiger partial charge in [0.05, 0.1) is 23.8 Å². The molecule has 1 fully saturated rings. The molecule has 1 aliphatic heterocycles. The lowest BCUT2D eigenvalue weighted by atomic mass is 10.0. The van der Waals surface area contributed by atoms with Gasteiger partial charge < -0.3 is 19.8 Å². The maximum absolute atomic E-state index is 12.3. The Morgan fingerprint density at radius 1 is 1.58 bits per heavy atom. The van der Waals surface area contributed by atoms with Crippen LogP contribution in [0, 0.1) is 0 Å². The molecule has 1 aliphatic rings. The van der Waals surface area contributed by atoms with Crippen molar-refractivity contribution in [2.45, 2.75) is 39.0 Å². The Kier molecular flexibility index (Phi) is 5.01. The van der Waals surface area contributed by atoms with E-state index in [4.69, 9.17) is 14.9 Å². The van der Waals surface area contributed by atoms with Gasteiger partial charge in [-0.15, -0.1) is 12.4 Å². The minimum absolute atomic E-state index is 0.